The van der Waals surface area contributed by atoms with Gasteiger partial charge in [0.15, 0.2) is 0 Å². The Morgan fingerprint density at radius 1 is 1.30 bits per heavy atom. The van der Waals surface area contributed by atoms with Gasteiger partial charge >= 0.3 is 0 Å². The number of benzene rings is 1. The summed E-state index contributed by atoms with van der Waals surface area (Å²) in [5.41, 5.74) is 3.05. The van der Waals surface area contributed by atoms with Gasteiger partial charge in [-0.3, -0.25) is 9.59 Å². The maximum Gasteiger partial charge on any atom is 0.253 e. The van der Waals surface area contributed by atoms with Crippen LogP contribution in [0.15, 0.2) is 18.2 Å². The third-order valence-electron chi connectivity index (χ3n) is 5.07. The molecule has 0 bridgehead atoms. The Bertz CT molecular complexity index is 641. The van der Waals surface area contributed by atoms with Gasteiger partial charge in [-0.05, 0) is 48.4 Å². The predicted molar refractivity (Wildman–Crippen MR) is 86.8 cm³/mol. The minimum absolute atomic E-state index is 0.0242. The largest absolute Gasteiger partial charge is 0.373 e. The minimum atomic E-state index is -0.836. The van der Waals surface area contributed by atoms with Gasteiger partial charge in [-0.15, -0.1) is 0 Å². The van der Waals surface area contributed by atoms with Crippen molar-refractivity contribution < 1.29 is 14.7 Å². The lowest BCUT2D eigenvalue weighted by molar-refractivity contribution is -0.119. The number of carbonyl (C=O) groups is 2. The highest BCUT2D eigenvalue weighted by Gasteiger charge is 2.40. The van der Waals surface area contributed by atoms with Gasteiger partial charge in [-0.1, -0.05) is 19.9 Å². The molecule has 1 aliphatic carbocycles. The number of amides is 2. The fourth-order valence-electron chi connectivity index (χ4n) is 3.50. The topological polar surface area (TPSA) is 78.4 Å². The fourth-order valence-corrected chi connectivity index (χ4v) is 3.50. The van der Waals surface area contributed by atoms with Gasteiger partial charge in [0.2, 0.25) is 5.91 Å². The van der Waals surface area contributed by atoms with Gasteiger partial charge in [-0.25, -0.2) is 0 Å². The molecule has 1 saturated heterocycles. The normalized spacial score (nSPS) is 24.4. The van der Waals surface area contributed by atoms with Crippen LogP contribution < -0.4 is 10.6 Å². The summed E-state index contributed by atoms with van der Waals surface area (Å²) >= 11 is 0. The Kier molecular flexibility index (Phi) is 4.15. The number of carbonyl (C=O) groups excluding carboxylic acids is 2. The fraction of sp³-hybridized carbons (Fsp3) is 0.556. The maximum atomic E-state index is 12.2. The van der Waals surface area contributed by atoms with Gasteiger partial charge in [0, 0.05) is 23.9 Å². The van der Waals surface area contributed by atoms with Crippen LogP contribution in [0.2, 0.25) is 0 Å². The molecule has 124 valence electrons. The lowest BCUT2D eigenvalue weighted by Gasteiger charge is -2.33. The molecular formula is C18H24N2O3. The molecule has 0 aromatic heterocycles. The van der Waals surface area contributed by atoms with Crippen molar-refractivity contribution in [3.05, 3.63) is 34.9 Å². The molecule has 0 saturated carbocycles. The Labute approximate surface area is 136 Å². The van der Waals surface area contributed by atoms with Crippen molar-refractivity contribution >= 4 is 11.8 Å². The highest BCUT2D eigenvalue weighted by molar-refractivity contribution is 5.94. The molecule has 1 unspecified atom stereocenters. The summed E-state index contributed by atoms with van der Waals surface area (Å²) in [5.74, 6) is -0.122. The van der Waals surface area contributed by atoms with Gasteiger partial charge < -0.3 is 15.7 Å². The second kappa shape index (κ2) is 5.96. The van der Waals surface area contributed by atoms with E-state index in [4.69, 9.17) is 0 Å². The summed E-state index contributed by atoms with van der Waals surface area (Å²) in [4.78, 5) is 23.8. The van der Waals surface area contributed by atoms with E-state index < -0.39 is 6.23 Å². The molecule has 1 fully saturated rings. The van der Waals surface area contributed by atoms with Gasteiger partial charge in [0.05, 0.1) is 0 Å². The van der Waals surface area contributed by atoms with Crippen molar-refractivity contribution in [1.29, 1.82) is 0 Å². The molecule has 2 atom stereocenters. The van der Waals surface area contributed by atoms with Crippen LogP contribution in [0.25, 0.3) is 0 Å². The van der Waals surface area contributed by atoms with E-state index in [1.165, 1.54) is 11.1 Å². The van der Waals surface area contributed by atoms with Crippen LogP contribution in [0.4, 0.5) is 0 Å². The first-order valence-corrected chi connectivity index (χ1v) is 8.26. The lowest BCUT2D eigenvalue weighted by Crippen LogP contribution is -2.38. The summed E-state index contributed by atoms with van der Waals surface area (Å²) < 4.78 is 0. The molecule has 0 radical (unpaired) electrons. The van der Waals surface area contributed by atoms with Crippen LogP contribution in [-0.4, -0.2) is 29.7 Å². The number of rotatable bonds is 3. The third-order valence-corrected chi connectivity index (χ3v) is 5.07. The Hall–Kier alpha value is -1.88. The van der Waals surface area contributed by atoms with E-state index in [0.717, 1.165) is 25.8 Å². The molecule has 2 aliphatic rings. The van der Waals surface area contributed by atoms with E-state index in [-0.39, 0.29) is 23.1 Å². The summed E-state index contributed by atoms with van der Waals surface area (Å²) in [7, 11) is 0. The number of hydrogen-bond acceptors (Lipinski definition) is 3. The molecule has 5 nitrogen and oxygen atoms in total. The first kappa shape index (κ1) is 16.0. The molecule has 3 N–H and O–H groups in total. The zero-order valence-corrected chi connectivity index (χ0v) is 13.7. The molecular weight excluding hydrogens is 292 g/mol. The Morgan fingerprint density at radius 3 is 2.74 bits per heavy atom. The van der Waals surface area contributed by atoms with Crippen LogP contribution in [0.5, 0.6) is 0 Å². The van der Waals surface area contributed by atoms with Gasteiger partial charge in [-0.2, -0.15) is 0 Å². The van der Waals surface area contributed by atoms with E-state index in [0.29, 0.717) is 12.0 Å². The van der Waals surface area contributed by atoms with E-state index in [1.807, 2.05) is 32.0 Å². The average molecular weight is 316 g/mol. The van der Waals surface area contributed by atoms with Crippen LogP contribution in [0.3, 0.4) is 0 Å². The Morgan fingerprint density at radius 2 is 2.09 bits per heavy atom. The molecule has 23 heavy (non-hydrogen) atoms. The van der Waals surface area contributed by atoms with E-state index in [9.17, 15) is 14.7 Å². The molecule has 1 spiro atoms. The number of fused-ring (bicyclic) bond motifs is 1. The van der Waals surface area contributed by atoms with Gasteiger partial charge in [0.25, 0.3) is 5.91 Å². The summed E-state index contributed by atoms with van der Waals surface area (Å²) in [6.45, 7) is 4.47. The molecule has 2 amide bonds. The standard InChI is InChI=1S/C18H24N2O3/c1-11(2)16(22)20-17(23)13-3-4-14-8-18(6-5-12(14)7-13)9-15(21)19-10-18/h3-4,7,11,16,22H,5-6,8-10H2,1-2H3,(H,19,21)(H,20,23)/t16-,18?/m1/s1. The van der Waals surface area contributed by atoms with E-state index in [2.05, 4.69) is 10.6 Å². The smallest absolute Gasteiger partial charge is 0.253 e. The second-order valence-electron chi connectivity index (χ2n) is 7.28. The highest BCUT2D eigenvalue weighted by atomic mass is 16.3. The van der Waals surface area contributed by atoms with Crippen LogP contribution in [0, 0.1) is 11.3 Å². The summed E-state index contributed by atoms with van der Waals surface area (Å²) in [6, 6.07) is 5.73. The molecule has 1 aliphatic heterocycles. The zero-order valence-electron chi connectivity index (χ0n) is 13.7. The van der Waals surface area contributed by atoms with Crippen molar-refractivity contribution in [1.82, 2.24) is 10.6 Å². The molecule has 3 rings (SSSR count). The molecule has 1 aromatic carbocycles. The van der Waals surface area contributed by atoms with Crippen LogP contribution in [0.1, 0.15) is 48.2 Å². The maximum absolute atomic E-state index is 12.2. The number of nitrogens with one attached hydrogen (secondary N) is 2. The minimum Gasteiger partial charge on any atom is -0.373 e. The number of hydrogen-bond donors (Lipinski definition) is 3. The van der Waals surface area contributed by atoms with Gasteiger partial charge in [0.1, 0.15) is 6.23 Å². The van der Waals surface area contributed by atoms with Crippen molar-refractivity contribution in [2.24, 2.45) is 11.3 Å². The third kappa shape index (κ3) is 3.24. The van der Waals surface area contributed by atoms with Crippen molar-refractivity contribution in [2.75, 3.05) is 6.54 Å². The molecule has 5 heteroatoms. The zero-order chi connectivity index (χ0) is 16.6. The van der Waals surface area contributed by atoms with Crippen molar-refractivity contribution in [3.63, 3.8) is 0 Å². The first-order chi connectivity index (χ1) is 10.9. The molecule has 1 heterocycles. The highest BCUT2D eigenvalue weighted by Crippen LogP contribution is 2.40. The van der Waals surface area contributed by atoms with Crippen molar-refractivity contribution in [2.45, 2.75) is 45.8 Å². The van der Waals surface area contributed by atoms with E-state index in [1.54, 1.807) is 0 Å². The quantitative estimate of drug-likeness (QED) is 0.737. The number of aryl methyl sites for hydroxylation is 1. The summed E-state index contributed by atoms with van der Waals surface area (Å²) in [5, 5.41) is 15.4. The monoisotopic (exact) mass is 316 g/mol. The number of aliphatic hydroxyl groups excluding tert-OH is 1. The number of aliphatic hydroxyl groups is 1. The predicted octanol–water partition coefficient (Wildman–Crippen LogP) is 1.39. The second-order valence-corrected chi connectivity index (χ2v) is 7.28. The lowest BCUT2D eigenvalue weighted by atomic mass is 9.71. The van der Waals surface area contributed by atoms with Crippen LogP contribution >= 0.6 is 0 Å². The van der Waals surface area contributed by atoms with Crippen molar-refractivity contribution in [3.8, 4) is 0 Å². The Balaban J connectivity index is 1.74. The summed E-state index contributed by atoms with van der Waals surface area (Å²) in [6.07, 6.45) is 2.51. The van der Waals surface area contributed by atoms with Crippen LogP contribution in [-0.2, 0) is 17.6 Å². The SMILES string of the molecule is CC(C)[C@@H](O)NC(=O)c1ccc2c(c1)CCC1(CNC(=O)C1)C2. The van der Waals surface area contributed by atoms with E-state index >= 15 is 0 Å². The average Bonchev–Trinajstić information content (AvgIpc) is 2.87. The first-order valence-electron chi connectivity index (χ1n) is 8.26. The molecule has 1 aromatic rings.